The van der Waals surface area contributed by atoms with E-state index in [9.17, 15) is 0 Å². The SMILES string of the molecule is CCCCN(CC)c1nc(C)c(C(C)NC)s1. The van der Waals surface area contributed by atoms with Crippen LogP contribution >= 0.6 is 11.3 Å². The Bertz CT molecular complexity index is 335. The number of nitrogens with one attached hydrogen (secondary N) is 1. The van der Waals surface area contributed by atoms with E-state index in [0.29, 0.717) is 6.04 Å². The van der Waals surface area contributed by atoms with Crippen LogP contribution in [0.5, 0.6) is 0 Å². The molecular formula is C13H25N3S. The smallest absolute Gasteiger partial charge is 0.185 e. The topological polar surface area (TPSA) is 28.2 Å². The van der Waals surface area contributed by atoms with Gasteiger partial charge in [-0.05, 0) is 34.2 Å². The third kappa shape index (κ3) is 3.68. The Morgan fingerprint density at radius 1 is 1.41 bits per heavy atom. The van der Waals surface area contributed by atoms with Crippen LogP contribution in [0.15, 0.2) is 0 Å². The van der Waals surface area contributed by atoms with E-state index in [0.717, 1.165) is 13.1 Å². The number of thiazole rings is 1. The van der Waals surface area contributed by atoms with E-state index in [2.05, 4.69) is 37.9 Å². The zero-order chi connectivity index (χ0) is 12.8. The normalized spacial score (nSPS) is 12.8. The van der Waals surface area contributed by atoms with Crippen LogP contribution in [0, 0.1) is 6.92 Å². The van der Waals surface area contributed by atoms with Crippen LogP contribution in [0.3, 0.4) is 0 Å². The second kappa shape index (κ2) is 6.97. The highest BCUT2D eigenvalue weighted by atomic mass is 32.1. The fourth-order valence-corrected chi connectivity index (χ4v) is 3.02. The average molecular weight is 255 g/mol. The summed E-state index contributed by atoms with van der Waals surface area (Å²) in [6.07, 6.45) is 2.48. The molecule has 1 aromatic heterocycles. The number of aryl methyl sites for hydroxylation is 1. The molecule has 0 radical (unpaired) electrons. The molecule has 4 heteroatoms. The van der Waals surface area contributed by atoms with Gasteiger partial charge in [0.25, 0.3) is 0 Å². The molecule has 0 saturated carbocycles. The van der Waals surface area contributed by atoms with Crippen LogP contribution in [-0.2, 0) is 0 Å². The molecule has 1 unspecified atom stereocenters. The van der Waals surface area contributed by atoms with Crippen LogP contribution in [-0.4, -0.2) is 25.1 Å². The number of hydrogen-bond donors (Lipinski definition) is 1. The molecule has 17 heavy (non-hydrogen) atoms. The molecule has 0 amide bonds. The van der Waals surface area contributed by atoms with Crippen molar-refractivity contribution in [3.63, 3.8) is 0 Å². The van der Waals surface area contributed by atoms with Crippen molar-refractivity contribution in [1.29, 1.82) is 0 Å². The van der Waals surface area contributed by atoms with Gasteiger partial charge in [-0.3, -0.25) is 0 Å². The van der Waals surface area contributed by atoms with Crippen LogP contribution in [0.1, 0.15) is 50.2 Å². The summed E-state index contributed by atoms with van der Waals surface area (Å²) in [6.45, 7) is 10.9. The fourth-order valence-electron chi connectivity index (χ4n) is 1.80. The third-order valence-corrected chi connectivity index (χ3v) is 4.48. The van der Waals surface area contributed by atoms with Crippen molar-refractivity contribution < 1.29 is 0 Å². The number of aromatic nitrogens is 1. The number of anilines is 1. The molecule has 1 heterocycles. The molecule has 0 spiro atoms. The van der Waals surface area contributed by atoms with Gasteiger partial charge < -0.3 is 10.2 Å². The van der Waals surface area contributed by atoms with Crippen LogP contribution in [0.4, 0.5) is 5.13 Å². The van der Waals surface area contributed by atoms with E-state index in [1.54, 1.807) is 0 Å². The Morgan fingerprint density at radius 2 is 2.12 bits per heavy atom. The van der Waals surface area contributed by atoms with Gasteiger partial charge in [0.05, 0.1) is 5.69 Å². The Labute approximate surface area is 109 Å². The van der Waals surface area contributed by atoms with E-state index < -0.39 is 0 Å². The first-order valence-electron chi connectivity index (χ1n) is 6.53. The highest BCUT2D eigenvalue weighted by Gasteiger charge is 2.15. The van der Waals surface area contributed by atoms with Crippen LogP contribution in [0.2, 0.25) is 0 Å². The van der Waals surface area contributed by atoms with Crippen molar-refractivity contribution >= 4 is 16.5 Å². The summed E-state index contributed by atoms with van der Waals surface area (Å²) < 4.78 is 0. The lowest BCUT2D eigenvalue weighted by atomic mass is 10.2. The quantitative estimate of drug-likeness (QED) is 0.810. The van der Waals surface area contributed by atoms with Gasteiger partial charge in [-0.2, -0.15) is 0 Å². The summed E-state index contributed by atoms with van der Waals surface area (Å²) in [6, 6.07) is 0.395. The number of unbranched alkanes of at least 4 members (excludes halogenated alkanes) is 1. The van der Waals surface area contributed by atoms with Crippen molar-refractivity contribution in [2.24, 2.45) is 0 Å². The Balaban J connectivity index is 2.82. The van der Waals surface area contributed by atoms with Crippen molar-refractivity contribution in [2.45, 2.75) is 46.6 Å². The minimum absolute atomic E-state index is 0.395. The first-order valence-corrected chi connectivity index (χ1v) is 7.35. The molecular weight excluding hydrogens is 230 g/mol. The van der Waals surface area contributed by atoms with Crippen LogP contribution in [0.25, 0.3) is 0 Å². The molecule has 0 saturated heterocycles. The van der Waals surface area contributed by atoms with Gasteiger partial charge in [-0.15, -0.1) is 11.3 Å². The van der Waals surface area contributed by atoms with Crippen molar-refractivity contribution in [3.05, 3.63) is 10.6 Å². The number of rotatable bonds is 7. The molecule has 1 atom stereocenters. The lowest BCUT2D eigenvalue weighted by Crippen LogP contribution is -2.23. The molecule has 3 nitrogen and oxygen atoms in total. The molecule has 0 aliphatic carbocycles. The van der Waals surface area contributed by atoms with E-state index in [1.165, 1.54) is 28.5 Å². The summed E-state index contributed by atoms with van der Waals surface area (Å²) in [5.41, 5.74) is 1.17. The van der Waals surface area contributed by atoms with Gasteiger partial charge in [-0.25, -0.2) is 4.98 Å². The van der Waals surface area contributed by atoms with Gasteiger partial charge in [-0.1, -0.05) is 13.3 Å². The summed E-state index contributed by atoms with van der Waals surface area (Å²) in [7, 11) is 2.00. The number of nitrogens with zero attached hydrogens (tertiary/aromatic N) is 2. The summed E-state index contributed by atoms with van der Waals surface area (Å²) in [4.78, 5) is 8.45. The summed E-state index contributed by atoms with van der Waals surface area (Å²) in [5.74, 6) is 0. The van der Waals surface area contributed by atoms with Gasteiger partial charge in [0.2, 0.25) is 0 Å². The molecule has 0 aliphatic heterocycles. The minimum Gasteiger partial charge on any atom is -0.348 e. The van der Waals surface area contributed by atoms with E-state index in [-0.39, 0.29) is 0 Å². The number of hydrogen-bond acceptors (Lipinski definition) is 4. The molecule has 1 rings (SSSR count). The first kappa shape index (κ1) is 14.5. The monoisotopic (exact) mass is 255 g/mol. The summed E-state index contributed by atoms with van der Waals surface area (Å²) >= 11 is 1.83. The minimum atomic E-state index is 0.395. The largest absolute Gasteiger partial charge is 0.348 e. The highest BCUT2D eigenvalue weighted by Crippen LogP contribution is 2.30. The predicted molar refractivity (Wildman–Crippen MR) is 77.1 cm³/mol. The second-order valence-corrected chi connectivity index (χ2v) is 5.40. The predicted octanol–water partition coefficient (Wildman–Crippen LogP) is 3.36. The van der Waals surface area contributed by atoms with Gasteiger partial charge in [0.15, 0.2) is 5.13 Å². The Morgan fingerprint density at radius 3 is 2.65 bits per heavy atom. The van der Waals surface area contributed by atoms with E-state index in [4.69, 9.17) is 4.98 Å². The van der Waals surface area contributed by atoms with Crippen molar-refractivity contribution in [3.8, 4) is 0 Å². The molecule has 0 aliphatic rings. The maximum atomic E-state index is 4.71. The Hall–Kier alpha value is -0.610. The third-order valence-electron chi connectivity index (χ3n) is 3.08. The zero-order valence-electron chi connectivity index (χ0n) is 11.7. The van der Waals surface area contributed by atoms with Crippen molar-refractivity contribution in [2.75, 3.05) is 25.0 Å². The van der Waals surface area contributed by atoms with E-state index in [1.807, 2.05) is 18.4 Å². The van der Waals surface area contributed by atoms with Gasteiger partial charge in [0, 0.05) is 24.0 Å². The second-order valence-electron chi connectivity index (χ2n) is 4.39. The molecule has 1 aromatic rings. The average Bonchev–Trinajstić information content (AvgIpc) is 2.71. The molecule has 0 aromatic carbocycles. The van der Waals surface area contributed by atoms with Crippen molar-refractivity contribution in [1.82, 2.24) is 10.3 Å². The standard InChI is InChI=1S/C13H25N3S/c1-6-8-9-16(7-2)13-15-11(4)12(17-13)10(3)14-5/h10,14H,6-9H2,1-5H3. The molecule has 0 fully saturated rings. The lowest BCUT2D eigenvalue weighted by Gasteiger charge is -2.19. The van der Waals surface area contributed by atoms with Gasteiger partial charge in [0.1, 0.15) is 0 Å². The lowest BCUT2D eigenvalue weighted by molar-refractivity contribution is 0.658. The maximum absolute atomic E-state index is 4.71. The first-order chi connectivity index (χ1) is 8.13. The molecule has 1 N–H and O–H groups in total. The highest BCUT2D eigenvalue weighted by molar-refractivity contribution is 7.15. The molecule has 98 valence electrons. The maximum Gasteiger partial charge on any atom is 0.185 e. The summed E-state index contributed by atoms with van der Waals surface area (Å²) in [5, 5.41) is 4.46. The van der Waals surface area contributed by atoms with Crippen LogP contribution < -0.4 is 10.2 Å². The zero-order valence-corrected chi connectivity index (χ0v) is 12.5. The van der Waals surface area contributed by atoms with E-state index >= 15 is 0 Å². The fraction of sp³-hybridized carbons (Fsp3) is 0.769. The van der Waals surface area contributed by atoms with Gasteiger partial charge >= 0.3 is 0 Å². The Kier molecular flexibility index (Phi) is 5.92. The molecule has 0 bridgehead atoms.